The van der Waals surface area contributed by atoms with E-state index in [1.165, 1.54) is 11.8 Å². The van der Waals surface area contributed by atoms with Gasteiger partial charge in [0.05, 0.1) is 19.0 Å². The molecule has 7 nitrogen and oxygen atoms in total. The molecule has 0 radical (unpaired) electrons. The third kappa shape index (κ3) is 6.24. The Hall–Kier alpha value is -2.03. The molecule has 1 aromatic carbocycles. The summed E-state index contributed by atoms with van der Waals surface area (Å²) in [5, 5.41) is 0. The summed E-state index contributed by atoms with van der Waals surface area (Å²) in [5.74, 6) is 1.36. The lowest BCUT2D eigenvalue weighted by Gasteiger charge is -2.39. The lowest BCUT2D eigenvalue weighted by molar-refractivity contribution is -0.00217. The summed E-state index contributed by atoms with van der Waals surface area (Å²) in [7, 11) is -3.28. The maximum absolute atomic E-state index is 11.9. The van der Waals surface area contributed by atoms with Gasteiger partial charge >= 0.3 is 0 Å². The summed E-state index contributed by atoms with van der Waals surface area (Å²) < 4.78 is 32.9. The molecule has 8 heteroatoms. The maximum atomic E-state index is 11.9. The smallest absolute Gasteiger partial charge is 0.225 e. The van der Waals surface area contributed by atoms with E-state index in [1.54, 1.807) is 18.5 Å². The number of aromatic nitrogens is 2. The highest BCUT2D eigenvalue weighted by Crippen LogP contribution is 2.34. The predicted molar refractivity (Wildman–Crippen MR) is 122 cm³/mol. The second kappa shape index (κ2) is 10.1. The Morgan fingerprint density at radius 1 is 1.03 bits per heavy atom. The Labute approximate surface area is 185 Å². The van der Waals surface area contributed by atoms with Crippen LogP contribution in [0.25, 0.3) is 0 Å². The quantitative estimate of drug-likeness (QED) is 0.707. The van der Waals surface area contributed by atoms with Crippen LogP contribution in [0.4, 0.5) is 5.95 Å². The van der Waals surface area contributed by atoms with Gasteiger partial charge in [-0.15, -0.1) is 0 Å². The van der Waals surface area contributed by atoms with Gasteiger partial charge in [0.25, 0.3) is 0 Å². The number of sulfonamides is 1. The molecule has 1 aromatic heterocycles. The zero-order valence-corrected chi connectivity index (χ0v) is 18.9. The van der Waals surface area contributed by atoms with Gasteiger partial charge in [-0.2, -0.15) is 0 Å². The van der Waals surface area contributed by atoms with Crippen molar-refractivity contribution in [1.29, 1.82) is 0 Å². The Balaban J connectivity index is 1.34. The second-order valence-corrected chi connectivity index (χ2v) is 10.5. The van der Waals surface area contributed by atoms with Crippen LogP contribution in [0.5, 0.6) is 0 Å². The summed E-state index contributed by atoms with van der Waals surface area (Å²) in [6, 6.07) is 12.4. The number of nitrogens with zero attached hydrogens (tertiary/aromatic N) is 3. The molecule has 0 bridgehead atoms. The van der Waals surface area contributed by atoms with E-state index >= 15 is 0 Å². The van der Waals surface area contributed by atoms with Crippen molar-refractivity contribution in [3.8, 4) is 0 Å². The lowest BCUT2D eigenvalue weighted by Crippen LogP contribution is -2.53. The van der Waals surface area contributed by atoms with Crippen molar-refractivity contribution >= 4 is 16.0 Å². The third-order valence-corrected chi connectivity index (χ3v) is 7.16. The third-order valence-electron chi connectivity index (χ3n) is 6.43. The molecule has 1 N–H and O–H groups in total. The zero-order chi connectivity index (χ0) is 21.7. The predicted octanol–water partition coefficient (Wildman–Crippen LogP) is 2.96. The number of anilines is 1. The molecular weight excluding hydrogens is 412 g/mol. The number of hydrogen-bond acceptors (Lipinski definition) is 6. The largest absolute Gasteiger partial charge is 0.378 e. The van der Waals surface area contributed by atoms with Crippen LogP contribution in [-0.4, -0.2) is 56.5 Å². The van der Waals surface area contributed by atoms with Crippen molar-refractivity contribution in [2.24, 2.45) is 5.92 Å². The van der Waals surface area contributed by atoms with E-state index in [2.05, 4.69) is 49.9 Å². The molecule has 1 aliphatic heterocycles. The van der Waals surface area contributed by atoms with Gasteiger partial charge in [-0.3, -0.25) is 0 Å². The highest BCUT2D eigenvalue weighted by atomic mass is 32.2. The summed E-state index contributed by atoms with van der Waals surface area (Å²) >= 11 is 0. The van der Waals surface area contributed by atoms with E-state index < -0.39 is 10.0 Å². The summed E-state index contributed by atoms with van der Waals surface area (Å²) in [5.41, 5.74) is 1.42. The molecule has 2 unspecified atom stereocenters. The lowest BCUT2D eigenvalue weighted by atomic mass is 9.82. The summed E-state index contributed by atoms with van der Waals surface area (Å²) in [6.07, 6.45) is 10.00. The molecule has 2 aliphatic rings. The Morgan fingerprint density at radius 3 is 2.42 bits per heavy atom. The Bertz CT molecular complexity index is 918. The van der Waals surface area contributed by atoms with Crippen LogP contribution in [0.15, 0.2) is 48.8 Å². The Morgan fingerprint density at radius 2 is 1.74 bits per heavy atom. The van der Waals surface area contributed by atoms with Gasteiger partial charge in [-0.25, -0.2) is 23.1 Å². The van der Waals surface area contributed by atoms with Crippen molar-refractivity contribution in [1.82, 2.24) is 14.7 Å². The van der Waals surface area contributed by atoms with Gasteiger partial charge in [-0.1, -0.05) is 30.3 Å². The van der Waals surface area contributed by atoms with Gasteiger partial charge in [0, 0.05) is 37.4 Å². The fraction of sp³-hybridized carbons (Fsp3) is 0.565. The van der Waals surface area contributed by atoms with Crippen LogP contribution in [0.1, 0.15) is 43.6 Å². The van der Waals surface area contributed by atoms with Crippen molar-refractivity contribution in [2.45, 2.75) is 50.2 Å². The topological polar surface area (TPSA) is 84.4 Å². The molecule has 0 spiro atoms. The van der Waals surface area contributed by atoms with E-state index in [1.807, 2.05) is 0 Å². The molecule has 2 aromatic rings. The van der Waals surface area contributed by atoms with Crippen LogP contribution in [-0.2, 0) is 14.8 Å². The summed E-state index contributed by atoms with van der Waals surface area (Å²) in [6.45, 7) is 1.93. The SMILES string of the molecule is CS(=O)(=O)NC1CCN(c2ncccn2)CC1COC1CCC(c2ccccc2)CC1. The minimum absolute atomic E-state index is 0.0547. The molecule has 1 saturated heterocycles. The van der Waals surface area contributed by atoms with Crippen LogP contribution < -0.4 is 9.62 Å². The first-order chi connectivity index (χ1) is 15.0. The molecule has 1 saturated carbocycles. The first kappa shape index (κ1) is 22.2. The van der Waals surface area contributed by atoms with Gasteiger partial charge in [0.1, 0.15) is 0 Å². The van der Waals surface area contributed by atoms with Gasteiger partial charge in [-0.05, 0) is 49.7 Å². The monoisotopic (exact) mass is 444 g/mol. The first-order valence-corrected chi connectivity index (χ1v) is 13.0. The molecule has 1 aliphatic carbocycles. The van der Waals surface area contributed by atoms with Crippen LogP contribution in [0.2, 0.25) is 0 Å². The zero-order valence-electron chi connectivity index (χ0n) is 18.1. The van der Waals surface area contributed by atoms with Gasteiger partial charge < -0.3 is 9.64 Å². The van der Waals surface area contributed by atoms with Crippen molar-refractivity contribution in [2.75, 3.05) is 30.9 Å². The fourth-order valence-corrected chi connectivity index (χ4v) is 5.68. The van der Waals surface area contributed by atoms with Crippen molar-refractivity contribution in [3.63, 3.8) is 0 Å². The maximum Gasteiger partial charge on any atom is 0.225 e. The molecule has 31 heavy (non-hydrogen) atoms. The molecule has 2 fully saturated rings. The highest BCUT2D eigenvalue weighted by molar-refractivity contribution is 7.88. The number of nitrogens with one attached hydrogen (secondary N) is 1. The molecule has 2 atom stereocenters. The fourth-order valence-electron chi connectivity index (χ4n) is 4.82. The minimum Gasteiger partial charge on any atom is -0.378 e. The van der Waals surface area contributed by atoms with Crippen molar-refractivity contribution < 1.29 is 13.2 Å². The van der Waals surface area contributed by atoms with Crippen LogP contribution in [0.3, 0.4) is 0 Å². The molecule has 2 heterocycles. The second-order valence-electron chi connectivity index (χ2n) is 8.76. The van der Waals surface area contributed by atoms with E-state index in [0.29, 0.717) is 31.4 Å². The number of ether oxygens (including phenoxy) is 1. The molecule has 168 valence electrons. The average Bonchev–Trinajstić information content (AvgIpc) is 2.79. The number of rotatable bonds is 7. The minimum atomic E-state index is -3.28. The van der Waals surface area contributed by atoms with E-state index in [4.69, 9.17) is 4.74 Å². The van der Waals surface area contributed by atoms with E-state index in [9.17, 15) is 8.42 Å². The Kier molecular flexibility index (Phi) is 7.20. The van der Waals surface area contributed by atoms with E-state index in [-0.39, 0.29) is 18.1 Å². The normalized spacial score (nSPS) is 27.2. The standard InChI is InChI=1S/C23H32N4O3S/c1-31(28,29)26-22-12-15-27(23-24-13-5-14-25-23)16-20(22)17-30-21-10-8-19(9-11-21)18-6-3-2-4-7-18/h2-7,13-14,19-22,26H,8-12,15-17H2,1H3. The number of hydrogen-bond donors (Lipinski definition) is 1. The molecule has 0 amide bonds. The number of piperidine rings is 1. The van der Waals surface area contributed by atoms with Gasteiger partial charge in [0.2, 0.25) is 16.0 Å². The van der Waals surface area contributed by atoms with Gasteiger partial charge in [0.15, 0.2) is 0 Å². The van der Waals surface area contributed by atoms with Crippen LogP contribution >= 0.6 is 0 Å². The summed E-state index contributed by atoms with van der Waals surface area (Å²) in [4.78, 5) is 10.8. The number of benzene rings is 1. The highest BCUT2D eigenvalue weighted by Gasteiger charge is 2.33. The molecule has 4 rings (SSSR count). The van der Waals surface area contributed by atoms with E-state index in [0.717, 1.165) is 32.2 Å². The average molecular weight is 445 g/mol. The first-order valence-electron chi connectivity index (χ1n) is 11.1. The van der Waals surface area contributed by atoms with Crippen molar-refractivity contribution in [3.05, 3.63) is 54.4 Å². The molecular formula is C23H32N4O3S. The van der Waals surface area contributed by atoms with Crippen LogP contribution in [0, 0.1) is 5.92 Å².